The number of fused-ring (bicyclic) bond motifs is 1. The first-order chi connectivity index (χ1) is 13.0. The van der Waals surface area contributed by atoms with Crippen molar-refractivity contribution in [2.45, 2.75) is 12.1 Å². The molecule has 3 rings (SSSR count). The van der Waals surface area contributed by atoms with Gasteiger partial charge in [0.25, 0.3) is 5.91 Å². The van der Waals surface area contributed by atoms with Crippen LogP contribution in [-0.2, 0) is 9.59 Å². The number of para-hydroxylation sites is 2. The lowest BCUT2D eigenvalue weighted by Crippen LogP contribution is -2.19. The van der Waals surface area contributed by atoms with Gasteiger partial charge in [-0.15, -0.1) is 0 Å². The van der Waals surface area contributed by atoms with E-state index in [4.69, 9.17) is 4.74 Å². The number of halogens is 1. The number of carbonyl (C=O) groups is 2. The van der Waals surface area contributed by atoms with E-state index in [0.29, 0.717) is 15.4 Å². The van der Waals surface area contributed by atoms with Crippen molar-refractivity contribution >= 4 is 56.8 Å². The topological polar surface area (TPSA) is 96.4 Å². The average molecular weight is 447 g/mol. The summed E-state index contributed by atoms with van der Waals surface area (Å²) in [6.07, 6.45) is 1.51. The number of amides is 1. The van der Waals surface area contributed by atoms with Crippen LogP contribution >= 0.6 is 27.7 Å². The van der Waals surface area contributed by atoms with E-state index >= 15 is 0 Å². The SMILES string of the molecule is CC(=O)Oc1ccc(/C=N\NC(=O)CSc2nc3ccccc3[nH]2)cc1Br. The number of benzene rings is 2. The molecule has 1 aromatic heterocycles. The van der Waals surface area contributed by atoms with Crippen LogP contribution in [-0.4, -0.2) is 33.8 Å². The molecule has 1 heterocycles. The Morgan fingerprint density at radius 2 is 2.15 bits per heavy atom. The molecule has 0 saturated heterocycles. The maximum Gasteiger partial charge on any atom is 0.308 e. The second-order valence-electron chi connectivity index (χ2n) is 5.42. The first-order valence-corrected chi connectivity index (χ1v) is 9.66. The highest BCUT2D eigenvalue weighted by atomic mass is 79.9. The van der Waals surface area contributed by atoms with E-state index in [-0.39, 0.29) is 11.7 Å². The smallest absolute Gasteiger partial charge is 0.308 e. The summed E-state index contributed by atoms with van der Waals surface area (Å²) in [4.78, 5) is 30.4. The van der Waals surface area contributed by atoms with Gasteiger partial charge >= 0.3 is 5.97 Å². The number of esters is 1. The van der Waals surface area contributed by atoms with Crippen LogP contribution in [0.15, 0.2) is 57.2 Å². The molecule has 3 aromatic rings. The lowest BCUT2D eigenvalue weighted by atomic mass is 10.2. The fourth-order valence-corrected chi connectivity index (χ4v) is 3.33. The number of nitrogens with zero attached hydrogens (tertiary/aromatic N) is 2. The molecule has 0 aliphatic heterocycles. The second-order valence-corrected chi connectivity index (χ2v) is 7.24. The molecule has 0 bridgehead atoms. The predicted molar refractivity (Wildman–Crippen MR) is 108 cm³/mol. The number of aromatic amines is 1. The van der Waals surface area contributed by atoms with Gasteiger partial charge in [-0.25, -0.2) is 10.4 Å². The third-order valence-electron chi connectivity index (χ3n) is 3.32. The number of nitrogens with one attached hydrogen (secondary N) is 2. The number of ether oxygens (including phenoxy) is 1. The number of thioether (sulfide) groups is 1. The molecule has 2 aromatic carbocycles. The zero-order chi connectivity index (χ0) is 19.2. The van der Waals surface area contributed by atoms with Crippen molar-refractivity contribution < 1.29 is 14.3 Å². The number of hydrazone groups is 1. The number of carbonyl (C=O) groups excluding carboxylic acids is 2. The van der Waals surface area contributed by atoms with Gasteiger partial charge in [-0.1, -0.05) is 23.9 Å². The van der Waals surface area contributed by atoms with Gasteiger partial charge in [-0.05, 0) is 51.8 Å². The minimum atomic E-state index is -0.397. The lowest BCUT2D eigenvalue weighted by molar-refractivity contribution is -0.132. The number of H-pyrrole nitrogens is 1. The van der Waals surface area contributed by atoms with E-state index in [1.165, 1.54) is 24.9 Å². The summed E-state index contributed by atoms with van der Waals surface area (Å²) >= 11 is 4.62. The van der Waals surface area contributed by atoms with Crippen LogP contribution in [0, 0.1) is 0 Å². The van der Waals surface area contributed by atoms with Gasteiger partial charge in [0.05, 0.1) is 27.5 Å². The fraction of sp³-hybridized carbons (Fsp3) is 0.111. The largest absolute Gasteiger partial charge is 0.426 e. The van der Waals surface area contributed by atoms with E-state index in [0.717, 1.165) is 16.6 Å². The van der Waals surface area contributed by atoms with E-state index in [1.54, 1.807) is 18.2 Å². The molecular formula is C18H15BrN4O3S. The van der Waals surface area contributed by atoms with Crippen molar-refractivity contribution in [1.29, 1.82) is 0 Å². The molecule has 0 atom stereocenters. The molecule has 2 N–H and O–H groups in total. The Hall–Kier alpha value is -2.65. The van der Waals surface area contributed by atoms with E-state index in [1.807, 2.05) is 24.3 Å². The van der Waals surface area contributed by atoms with Crippen molar-refractivity contribution in [3.63, 3.8) is 0 Å². The summed E-state index contributed by atoms with van der Waals surface area (Å²) in [6, 6.07) is 12.8. The summed E-state index contributed by atoms with van der Waals surface area (Å²) in [7, 11) is 0. The Labute approximate surface area is 167 Å². The summed E-state index contributed by atoms with van der Waals surface area (Å²) in [5, 5.41) is 4.61. The van der Waals surface area contributed by atoms with Gasteiger partial charge in [-0.3, -0.25) is 9.59 Å². The first kappa shape index (κ1) is 19.1. The zero-order valence-corrected chi connectivity index (χ0v) is 16.6. The van der Waals surface area contributed by atoms with Crippen LogP contribution in [0.5, 0.6) is 5.75 Å². The second kappa shape index (κ2) is 8.83. The Bertz CT molecular complexity index is 986. The highest BCUT2D eigenvalue weighted by Gasteiger charge is 2.07. The van der Waals surface area contributed by atoms with Gasteiger partial charge in [0, 0.05) is 6.92 Å². The molecule has 0 aliphatic rings. The molecule has 7 nitrogen and oxygen atoms in total. The number of aromatic nitrogens is 2. The van der Waals surface area contributed by atoms with Crippen LogP contribution in [0.2, 0.25) is 0 Å². The standard InChI is InChI=1S/C18H15BrN4O3S/c1-11(24)26-16-7-6-12(8-13(16)19)9-20-23-17(25)10-27-18-21-14-4-2-3-5-15(14)22-18/h2-9H,10H2,1H3,(H,21,22)(H,23,25)/b20-9-. The normalized spacial score (nSPS) is 11.0. The highest BCUT2D eigenvalue weighted by Crippen LogP contribution is 2.25. The average Bonchev–Trinajstić information content (AvgIpc) is 3.05. The molecule has 0 radical (unpaired) electrons. The quantitative estimate of drug-likeness (QED) is 0.198. The molecule has 138 valence electrons. The Morgan fingerprint density at radius 1 is 1.33 bits per heavy atom. The van der Waals surface area contributed by atoms with E-state index in [2.05, 4.69) is 36.4 Å². The van der Waals surface area contributed by atoms with Gasteiger partial charge in [0.15, 0.2) is 5.16 Å². The van der Waals surface area contributed by atoms with Gasteiger partial charge in [0.1, 0.15) is 5.75 Å². The maximum atomic E-state index is 11.9. The Morgan fingerprint density at radius 3 is 2.89 bits per heavy atom. The number of imidazole rings is 1. The summed E-state index contributed by atoms with van der Waals surface area (Å²) in [5.41, 5.74) is 5.00. The molecule has 0 saturated carbocycles. The monoisotopic (exact) mass is 446 g/mol. The predicted octanol–water partition coefficient (Wildman–Crippen LogP) is 3.49. The first-order valence-electron chi connectivity index (χ1n) is 7.88. The van der Waals surface area contributed by atoms with E-state index < -0.39 is 5.97 Å². The summed E-state index contributed by atoms with van der Waals surface area (Å²) in [6.45, 7) is 1.33. The van der Waals surface area contributed by atoms with Crippen molar-refractivity contribution in [2.75, 3.05) is 5.75 Å². The van der Waals surface area contributed by atoms with Crippen LogP contribution in [0.25, 0.3) is 11.0 Å². The van der Waals surface area contributed by atoms with Crippen LogP contribution in [0.4, 0.5) is 0 Å². The minimum absolute atomic E-state index is 0.187. The summed E-state index contributed by atoms with van der Waals surface area (Å²) < 4.78 is 5.65. The van der Waals surface area contributed by atoms with Gasteiger partial charge in [-0.2, -0.15) is 5.10 Å². The minimum Gasteiger partial charge on any atom is -0.426 e. The molecule has 27 heavy (non-hydrogen) atoms. The number of hydrogen-bond donors (Lipinski definition) is 2. The molecule has 0 fully saturated rings. The lowest BCUT2D eigenvalue weighted by Gasteiger charge is -2.04. The van der Waals surface area contributed by atoms with Gasteiger partial charge < -0.3 is 9.72 Å². The Kier molecular flexibility index (Phi) is 6.25. The summed E-state index contributed by atoms with van der Waals surface area (Å²) in [5.74, 6) is -0.0312. The fourth-order valence-electron chi connectivity index (χ4n) is 2.18. The van der Waals surface area contributed by atoms with E-state index in [9.17, 15) is 9.59 Å². The van der Waals surface area contributed by atoms with Crippen molar-refractivity contribution in [1.82, 2.24) is 15.4 Å². The zero-order valence-electron chi connectivity index (χ0n) is 14.2. The van der Waals surface area contributed by atoms with Crippen LogP contribution in [0.3, 0.4) is 0 Å². The third kappa shape index (κ3) is 5.41. The molecule has 1 amide bonds. The molecule has 0 unspecified atom stereocenters. The molecule has 9 heteroatoms. The van der Waals surface area contributed by atoms with Crippen LogP contribution in [0.1, 0.15) is 12.5 Å². The van der Waals surface area contributed by atoms with Crippen molar-refractivity contribution in [3.05, 3.63) is 52.5 Å². The molecule has 0 aliphatic carbocycles. The van der Waals surface area contributed by atoms with Crippen LogP contribution < -0.4 is 10.2 Å². The van der Waals surface area contributed by atoms with Crippen molar-refractivity contribution in [3.8, 4) is 5.75 Å². The van der Waals surface area contributed by atoms with Gasteiger partial charge in [0.2, 0.25) is 0 Å². The number of rotatable bonds is 6. The van der Waals surface area contributed by atoms with Crippen molar-refractivity contribution in [2.24, 2.45) is 5.10 Å². The number of hydrogen-bond acceptors (Lipinski definition) is 6. The molecular weight excluding hydrogens is 432 g/mol. The highest BCUT2D eigenvalue weighted by molar-refractivity contribution is 9.10. The maximum absolute atomic E-state index is 11.9. The third-order valence-corrected chi connectivity index (χ3v) is 4.81. The Balaban J connectivity index is 1.51. The molecule has 0 spiro atoms.